The summed E-state index contributed by atoms with van der Waals surface area (Å²) in [7, 11) is -0.405. The summed E-state index contributed by atoms with van der Waals surface area (Å²) in [4.78, 5) is 20.8. The number of aryl methyl sites for hydroxylation is 1. The first-order chi connectivity index (χ1) is 18.3. The molecule has 2 aromatic carbocycles. The molecular formula is C27H33N3O6S2. The summed E-state index contributed by atoms with van der Waals surface area (Å²) >= 11 is 1.39. The number of fused-ring (bicyclic) bond motifs is 1. The van der Waals surface area contributed by atoms with Crippen LogP contribution in [0.1, 0.15) is 31.2 Å². The Hall–Kier alpha value is -2.73. The maximum absolute atomic E-state index is 13.9. The van der Waals surface area contributed by atoms with Crippen molar-refractivity contribution in [1.29, 1.82) is 0 Å². The van der Waals surface area contributed by atoms with Crippen molar-refractivity contribution >= 4 is 42.6 Å². The van der Waals surface area contributed by atoms with Crippen LogP contribution in [0.4, 0.5) is 5.13 Å². The highest BCUT2D eigenvalue weighted by atomic mass is 32.2. The van der Waals surface area contributed by atoms with Gasteiger partial charge in [0.2, 0.25) is 15.9 Å². The van der Waals surface area contributed by atoms with Crippen molar-refractivity contribution in [2.24, 2.45) is 5.92 Å². The van der Waals surface area contributed by atoms with Gasteiger partial charge >= 0.3 is 0 Å². The number of methoxy groups -OCH3 is 2. The van der Waals surface area contributed by atoms with Gasteiger partial charge in [-0.15, -0.1) is 0 Å². The SMILES string of the molecule is COc1ccc(OC)c2sc(N(CC3CCCO3)C(=O)C3CCN(S(=O)(=O)c4ccc(C)cc4)CC3)nc12. The molecule has 1 aromatic heterocycles. The van der Waals surface area contributed by atoms with Crippen LogP contribution in [-0.2, 0) is 19.6 Å². The molecule has 0 N–H and O–H groups in total. The Bertz CT molecular complexity index is 1350. The lowest BCUT2D eigenvalue weighted by Crippen LogP contribution is -2.46. The number of nitrogens with zero attached hydrogens (tertiary/aromatic N) is 3. The quantitative estimate of drug-likeness (QED) is 0.407. The normalized spacial score (nSPS) is 19.1. The molecule has 0 radical (unpaired) electrons. The standard InChI is InChI=1S/C27H33N3O6S2/c1-18-6-8-21(9-7-18)38(32,33)29-14-12-19(13-15-29)26(31)30(17-20-5-4-16-36-20)27-28-24-22(34-2)10-11-23(35-3)25(24)37-27/h6-11,19-20H,4-5,12-17H2,1-3H3. The van der Waals surface area contributed by atoms with E-state index >= 15 is 0 Å². The number of benzene rings is 2. The molecule has 1 amide bonds. The third kappa shape index (κ3) is 5.25. The summed E-state index contributed by atoms with van der Waals surface area (Å²) in [5, 5.41) is 0.568. The van der Waals surface area contributed by atoms with Gasteiger partial charge in [-0.25, -0.2) is 13.4 Å². The Morgan fingerprint density at radius 1 is 1.08 bits per heavy atom. The van der Waals surface area contributed by atoms with Gasteiger partial charge in [0, 0.05) is 25.6 Å². The minimum absolute atomic E-state index is 0.0510. The van der Waals surface area contributed by atoms with Crippen molar-refractivity contribution in [2.75, 3.05) is 45.4 Å². The zero-order valence-corrected chi connectivity index (χ0v) is 23.5. The van der Waals surface area contributed by atoms with E-state index in [1.807, 2.05) is 13.0 Å². The van der Waals surface area contributed by atoms with Crippen LogP contribution < -0.4 is 14.4 Å². The van der Waals surface area contributed by atoms with Crippen LogP contribution in [-0.4, -0.2) is 70.2 Å². The first kappa shape index (κ1) is 26.9. The summed E-state index contributed by atoms with van der Waals surface area (Å²) in [6, 6.07) is 10.5. The van der Waals surface area contributed by atoms with Crippen LogP contribution in [0.2, 0.25) is 0 Å². The summed E-state index contributed by atoms with van der Waals surface area (Å²) in [6.07, 6.45) is 2.68. The Morgan fingerprint density at radius 3 is 2.39 bits per heavy atom. The molecule has 0 spiro atoms. The van der Waals surface area contributed by atoms with Crippen molar-refractivity contribution in [1.82, 2.24) is 9.29 Å². The van der Waals surface area contributed by atoms with Crippen LogP contribution in [0, 0.1) is 12.8 Å². The van der Waals surface area contributed by atoms with Gasteiger partial charge in [-0.2, -0.15) is 4.31 Å². The monoisotopic (exact) mass is 559 g/mol. The second-order valence-electron chi connectivity index (χ2n) is 9.72. The number of aromatic nitrogens is 1. The maximum atomic E-state index is 13.9. The van der Waals surface area contributed by atoms with Gasteiger partial charge in [0.15, 0.2) is 5.13 Å². The maximum Gasteiger partial charge on any atom is 0.243 e. The van der Waals surface area contributed by atoms with Gasteiger partial charge in [-0.3, -0.25) is 9.69 Å². The van der Waals surface area contributed by atoms with Crippen molar-refractivity contribution in [3.8, 4) is 11.5 Å². The Morgan fingerprint density at radius 2 is 1.76 bits per heavy atom. The molecule has 5 rings (SSSR count). The van der Waals surface area contributed by atoms with E-state index in [-0.39, 0.29) is 22.8 Å². The van der Waals surface area contributed by atoms with Crippen LogP contribution in [0.25, 0.3) is 10.2 Å². The molecule has 0 aliphatic carbocycles. The fraction of sp³-hybridized carbons (Fsp3) is 0.481. The molecule has 1 unspecified atom stereocenters. The van der Waals surface area contributed by atoms with Crippen molar-refractivity contribution in [2.45, 2.75) is 43.6 Å². The first-order valence-electron chi connectivity index (χ1n) is 12.8. The van der Waals surface area contributed by atoms with Crippen LogP contribution >= 0.6 is 11.3 Å². The van der Waals surface area contributed by atoms with Crippen molar-refractivity contribution in [3.05, 3.63) is 42.0 Å². The Balaban J connectivity index is 1.38. The number of sulfonamides is 1. The molecule has 3 heterocycles. The van der Waals surface area contributed by atoms with E-state index in [0.717, 1.165) is 23.1 Å². The number of rotatable bonds is 8. The van der Waals surface area contributed by atoms with Gasteiger partial charge in [0.1, 0.15) is 21.7 Å². The van der Waals surface area contributed by atoms with E-state index in [2.05, 4.69) is 0 Å². The average molecular weight is 560 g/mol. The molecule has 2 aliphatic rings. The highest BCUT2D eigenvalue weighted by molar-refractivity contribution is 7.89. The highest BCUT2D eigenvalue weighted by Crippen LogP contribution is 2.41. The molecule has 2 saturated heterocycles. The fourth-order valence-electron chi connectivity index (χ4n) is 5.07. The van der Waals surface area contributed by atoms with E-state index in [4.69, 9.17) is 19.2 Å². The Labute approximate surface area is 227 Å². The molecule has 0 bridgehead atoms. The van der Waals surface area contributed by atoms with Gasteiger partial charge in [0.05, 0.1) is 31.8 Å². The van der Waals surface area contributed by atoms with Gasteiger partial charge in [-0.1, -0.05) is 29.0 Å². The number of thiazole rings is 1. The highest BCUT2D eigenvalue weighted by Gasteiger charge is 2.36. The van der Waals surface area contributed by atoms with Crippen LogP contribution in [0.5, 0.6) is 11.5 Å². The summed E-state index contributed by atoms with van der Waals surface area (Å²) < 4.78 is 45.5. The summed E-state index contributed by atoms with van der Waals surface area (Å²) in [5.41, 5.74) is 1.65. The molecule has 2 fully saturated rings. The van der Waals surface area contributed by atoms with Crippen molar-refractivity contribution in [3.63, 3.8) is 0 Å². The molecule has 11 heteroatoms. The summed E-state index contributed by atoms with van der Waals surface area (Å²) in [6.45, 7) is 3.60. The fourth-order valence-corrected chi connectivity index (χ4v) is 7.63. The van der Waals surface area contributed by atoms with Gasteiger partial charge in [-0.05, 0) is 56.9 Å². The molecule has 1 atom stereocenters. The number of carbonyl (C=O) groups excluding carboxylic acids is 1. The molecular weight excluding hydrogens is 526 g/mol. The molecule has 3 aromatic rings. The van der Waals surface area contributed by atoms with Gasteiger partial charge < -0.3 is 14.2 Å². The molecule has 9 nitrogen and oxygen atoms in total. The minimum atomic E-state index is -3.60. The number of anilines is 1. The third-order valence-electron chi connectivity index (χ3n) is 7.27. The number of piperidine rings is 1. The second kappa shape index (κ2) is 11.2. The molecule has 2 aliphatic heterocycles. The van der Waals surface area contributed by atoms with Crippen molar-refractivity contribution < 1.29 is 27.4 Å². The lowest BCUT2D eigenvalue weighted by Gasteiger charge is -2.33. The molecule has 38 heavy (non-hydrogen) atoms. The van der Waals surface area contributed by atoms with Crippen LogP contribution in [0.3, 0.4) is 0 Å². The number of carbonyl (C=O) groups is 1. The van der Waals surface area contributed by atoms with Crippen LogP contribution in [0.15, 0.2) is 41.3 Å². The topological polar surface area (TPSA) is 98.3 Å². The Kier molecular flexibility index (Phi) is 7.90. The number of amides is 1. The van der Waals surface area contributed by atoms with E-state index in [1.165, 1.54) is 15.6 Å². The zero-order valence-electron chi connectivity index (χ0n) is 21.9. The zero-order chi connectivity index (χ0) is 26.9. The van der Waals surface area contributed by atoms with E-state index < -0.39 is 10.0 Å². The van der Waals surface area contributed by atoms with Gasteiger partial charge in [0.25, 0.3) is 0 Å². The first-order valence-corrected chi connectivity index (χ1v) is 15.1. The number of hydrogen-bond donors (Lipinski definition) is 0. The van der Waals surface area contributed by atoms with E-state index in [0.29, 0.717) is 61.2 Å². The molecule has 0 saturated carbocycles. The lowest BCUT2D eigenvalue weighted by atomic mass is 9.96. The predicted octanol–water partition coefficient (Wildman–Crippen LogP) is 4.23. The van der Waals surface area contributed by atoms with E-state index in [9.17, 15) is 13.2 Å². The lowest BCUT2D eigenvalue weighted by molar-refractivity contribution is -0.123. The molecule has 204 valence electrons. The average Bonchev–Trinajstić information content (AvgIpc) is 3.61. The minimum Gasteiger partial charge on any atom is -0.495 e. The largest absolute Gasteiger partial charge is 0.495 e. The number of ether oxygens (including phenoxy) is 3. The number of hydrogen-bond acceptors (Lipinski definition) is 8. The summed E-state index contributed by atoms with van der Waals surface area (Å²) in [5.74, 6) is 0.924. The second-order valence-corrected chi connectivity index (χ2v) is 12.6. The predicted molar refractivity (Wildman–Crippen MR) is 147 cm³/mol. The smallest absolute Gasteiger partial charge is 0.243 e. The van der Waals surface area contributed by atoms with E-state index in [1.54, 1.807) is 49.5 Å². The third-order valence-corrected chi connectivity index (χ3v) is 10.3.